The lowest BCUT2D eigenvalue weighted by Crippen LogP contribution is -2.45. The standard InChI is InChI=1S/C8H14O6S/c9-15(10,7-5-11-1-3-13-7)8-6-12-2-4-14-8/h7-8H,1-6H2. The predicted molar refractivity (Wildman–Crippen MR) is 50.0 cm³/mol. The Morgan fingerprint density at radius 1 is 0.800 bits per heavy atom. The van der Waals surface area contributed by atoms with Crippen LogP contribution in [0.3, 0.4) is 0 Å². The first-order valence-corrected chi connectivity index (χ1v) is 6.43. The van der Waals surface area contributed by atoms with E-state index in [2.05, 4.69) is 0 Å². The van der Waals surface area contributed by atoms with E-state index < -0.39 is 20.7 Å². The van der Waals surface area contributed by atoms with Gasteiger partial charge in [0.15, 0.2) is 10.9 Å². The Bertz CT molecular complexity index is 264. The van der Waals surface area contributed by atoms with Crippen LogP contribution in [0.4, 0.5) is 0 Å². The van der Waals surface area contributed by atoms with Crippen molar-refractivity contribution in [1.82, 2.24) is 0 Å². The van der Waals surface area contributed by atoms with Gasteiger partial charge in [0, 0.05) is 0 Å². The van der Waals surface area contributed by atoms with Crippen molar-refractivity contribution in [2.75, 3.05) is 39.6 Å². The molecule has 0 N–H and O–H groups in total. The third-order valence-electron chi connectivity index (χ3n) is 2.30. The van der Waals surface area contributed by atoms with Gasteiger partial charge >= 0.3 is 0 Å². The quantitative estimate of drug-likeness (QED) is 0.624. The Balaban J connectivity index is 2.03. The summed E-state index contributed by atoms with van der Waals surface area (Å²) in [5.41, 5.74) is -1.84. The Labute approximate surface area is 88.4 Å². The summed E-state index contributed by atoms with van der Waals surface area (Å²) in [6, 6.07) is 0. The molecule has 0 bridgehead atoms. The van der Waals surface area contributed by atoms with E-state index in [1.807, 2.05) is 0 Å². The second kappa shape index (κ2) is 4.75. The minimum Gasteiger partial charge on any atom is -0.375 e. The normalized spacial score (nSPS) is 33.9. The first-order chi connectivity index (χ1) is 7.21. The van der Waals surface area contributed by atoms with Crippen LogP contribution in [0.15, 0.2) is 0 Å². The van der Waals surface area contributed by atoms with Gasteiger partial charge in [0.2, 0.25) is 9.84 Å². The van der Waals surface area contributed by atoms with Crippen molar-refractivity contribution in [3.05, 3.63) is 0 Å². The number of rotatable bonds is 2. The fraction of sp³-hybridized carbons (Fsp3) is 1.00. The highest BCUT2D eigenvalue weighted by Gasteiger charge is 2.38. The molecule has 2 heterocycles. The molecule has 2 unspecified atom stereocenters. The smallest absolute Gasteiger partial charge is 0.208 e. The van der Waals surface area contributed by atoms with Crippen molar-refractivity contribution < 1.29 is 27.4 Å². The Morgan fingerprint density at radius 3 is 1.60 bits per heavy atom. The molecule has 2 atom stereocenters. The zero-order chi connectivity index (χ0) is 10.7. The highest BCUT2D eigenvalue weighted by atomic mass is 32.2. The molecule has 0 spiro atoms. The van der Waals surface area contributed by atoms with Crippen molar-refractivity contribution in [1.29, 1.82) is 0 Å². The molecule has 0 aromatic heterocycles. The predicted octanol–water partition coefficient (Wildman–Crippen LogP) is -0.853. The largest absolute Gasteiger partial charge is 0.375 e. The van der Waals surface area contributed by atoms with Gasteiger partial charge in [-0.3, -0.25) is 0 Å². The third-order valence-corrected chi connectivity index (χ3v) is 4.31. The molecule has 2 aliphatic rings. The topological polar surface area (TPSA) is 71.1 Å². The fourth-order valence-corrected chi connectivity index (χ4v) is 2.96. The molecule has 0 aliphatic carbocycles. The van der Waals surface area contributed by atoms with E-state index in [-0.39, 0.29) is 13.2 Å². The molecule has 0 amide bonds. The molecular formula is C8H14O6S. The summed E-state index contributed by atoms with van der Waals surface area (Å²) in [5.74, 6) is 0. The fourth-order valence-electron chi connectivity index (χ4n) is 1.48. The van der Waals surface area contributed by atoms with Crippen LogP contribution in [0.25, 0.3) is 0 Å². The maximum atomic E-state index is 11.9. The van der Waals surface area contributed by atoms with Crippen molar-refractivity contribution >= 4 is 9.84 Å². The Hall–Kier alpha value is -0.210. The van der Waals surface area contributed by atoms with Crippen LogP contribution in [0.1, 0.15) is 0 Å². The average molecular weight is 238 g/mol. The molecule has 2 aliphatic heterocycles. The van der Waals surface area contributed by atoms with E-state index in [1.165, 1.54) is 0 Å². The molecule has 15 heavy (non-hydrogen) atoms. The maximum Gasteiger partial charge on any atom is 0.208 e. The van der Waals surface area contributed by atoms with Gasteiger partial charge in [-0.15, -0.1) is 0 Å². The highest BCUT2D eigenvalue weighted by molar-refractivity contribution is 7.92. The van der Waals surface area contributed by atoms with Crippen LogP contribution >= 0.6 is 0 Å². The summed E-state index contributed by atoms with van der Waals surface area (Å²) >= 11 is 0. The average Bonchev–Trinajstić information content (AvgIpc) is 2.31. The van der Waals surface area contributed by atoms with Crippen LogP contribution in [-0.2, 0) is 28.8 Å². The summed E-state index contributed by atoms with van der Waals surface area (Å²) in [4.78, 5) is 0. The molecule has 6 nitrogen and oxygen atoms in total. The Morgan fingerprint density at radius 2 is 1.27 bits per heavy atom. The van der Waals surface area contributed by atoms with Crippen molar-refractivity contribution in [3.63, 3.8) is 0 Å². The van der Waals surface area contributed by atoms with Crippen LogP contribution < -0.4 is 0 Å². The second-order valence-corrected chi connectivity index (χ2v) is 5.57. The van der Waals surface area contributed by atoms with Crippen LogP contribution in [-0.4, -0.2) is 58.9 Å². The van der Waals surface area contributed by atoms with Crippen LogP contribution in [0.5, 0.6) is 0 Å². The molecule has 0 aromatic carbocycles. The summed E-state index contributed by atoms with van der Waals surface area (Å²) in [5, 5.41) is 0. The first kappa shape index (κ1) is 11.3. The molecule has 0 aromatic rings. The zero-order valence-corrected chi connectivity index (χ0v) is 9.07. The van der Waals surface area contributed by atoms with Crippen LogP contribution in [0.2, 0.25) is 0 Å². The molecule has 2 fully saturated rings. The molecule has 0 radical (unpaired) electrons. The number of sulfone groups is 1. The van der Waals surface area contributed by atoms with E-state index in [1.54, 1.807) is 0 Å². The van der Waals surface area contributed by atoms with Gasteiger partial charge in [0.05, 0.1) is 39.6 Å². The van der Waals surface area contributed by atoms with Gasteiger partial charge in [-0.25, -0.2) is 8.42 Å². The lowest BCUT2D eigenvalue weighted by molar-refractivity contribution is -0.0709. The molecule has 88 valence electrons. The van der Waals surface area contributed by atoms with E-state index in [9.17, 15) is 8.42 Å². The molecule has 0 saturated carbocycles. The minimum atomic E-state index is -3.48. The molecule has 2 rings (SSSR count). The van der Waals surface area contributed by atoms with Crippen molar-refractivity contribution in [2.24, 2.45) is 0 Å². The van der Waals surface area contributed by atoms with E-state index in [0.717, 1.165) is 0 Å². The molecular weight excluding hydrogens is 224 g/mol. The third kappa shape index (κ3) is 2.48. The minimum absolute atomic E-state index is 0.0716. The Kier molecular flexibility index (Phi) is 3.57. The second-order valence-electron chi connectivity index (χ2n) is 3.34. The molecule has 7 heteroatoms. The highest BCUT2D eigenvalue weighted by Crippen LogP contribution is 2.17. The maximum absolute atomic E-state index is 11.9. The number of hydrogen-bond donors (Lipinski definition) is 0. The van der Waals surface area contributed by atoms with E-state index in [0.29, 0.717) is 26.4 Å². The van der Waals surface area contributed by atoms with Gasteiger partial charge in [-0.2, -0.15) is 0 Å². The summed E-state index contributed by atoms with van der Waals surface area (Å²) < 4.78 is 44.3. The molecule has 2 saturated heterocycles. The first-order valence-electron chi connectivity index (χ1n) is 4.82. The summed E-state index contributed by atoms with van der Waals surface area (Å²) in [6.07, 6.45) is 0. The van der Waals surface area contributed by atoms with E-state index in [4.69, 9.17) is 18.9 Å². The van der Waals surface area contributed by atoms with E-state index >= 15 is 0 Å². The zero-order valence-electron chi connectivity index (χ0n) is 8.26. The lowest BCUT2D eigenvalue weighted by atomic mass is 10.6. The SMILES string of the molecule is O=S(=O)(C1COCCO1)C1COCCO1. The van der Waals surface area contributed by atoms with Crippen molar-refractivity contribution in [2.45, 2.75) is 10.9 Å². The van der Waals surface area contributed by atoms with Gasteiger partial charge in [0.25, 0.3) is 0 Å². The van der Waals surface area contributed by atoms with Gasteiger partial charge in [-0.1, -0.05) is 0 Å². The lowest BCUT2D eigenvalue weighted by Gasteiger charge is -2.29. The van der Waals surface area contributed by atoms with Crippen molar-refractivity contribution in [3.8, 4) is 0 Å². The number of hydrogen-bond acceptors (Lipinski definition) is 6. The monoisotopic (exact) mass is 238 g/mol. The van der Waals surface area contributed by atoms with Gasteiger partial charge in [-0.05, 0) is 0 Å². The van der Waals surface area contributed by atoms with Gasteiger partial charge in [0.1, 0.15) is 0 Å². The van der Waals surface area contributed by atoms with Gasteiger partial charge < -0.3 is 18.9 Å². The van der Waals surface area contributed by atoms with Crippen LogP contribution in [0, 0.1) is 0 Å². The summed E-state index contributed by atoms with van der Waals surface area (Å²) in [7, 11) is -3.48. The number of ether oxygens (including phenoxy) is 4. The summed E-state index contributed by atoms with van der Waals surface area (Å²) in [6.45, 7) is 1.63.